The molecule has 0 bridgehead atoms. The monoisotopic (exact) mass is 291 g/mol. The number of phenolic OH excluding ortho intramolecular Hbond substituents is 1. The zero-order chi connectivity index (χ0) is 14.5. The van der Waals surface area contributed by atoms with Gasteiger partial charge in [-0.05, 0) is 35.9 Å². The van der Waals surface area contributed by atoms with E-state index in [-0.39, 0.29) is 11.4 Å². The number of nitrogens with two attached hydrogens (primary N) is 1. The molecule has 2 rings (SSSR count). The number of rotatable bonds is 5. The summed E-state index contributed by atoms with van der Waals surface area (Å²) in [6.45, 7) is 0. The largest absolute Gasteiger partial charge is 0.508 e. The zero-order valence-corrected chi connectivity index (χ0v) is 11.3. The van der Waals surface area contributed by atoms with E-state index < -0.39 is 4.92 Å². The van der Waals surface area contributed by atoms with Crippen LogP contribution in [0, 0.1) is 10.1 Å². The van der Waals surface area contributed by atoms with Crippen molar-refractivity contribution in [2.24, 2.45) is 5.84 Å². The molecule has 0 amide bonds. The summed E-state index contributed by atoms with van der Waals surface area (Å²) in [5.74, 6) is 6.14. The summed E-state index contributed by atoms with van der Waals surface area (Å²) in [4.78, 5) is 11.3. The molecule has 0 fully saturated rings. The third-order valence-electron chi connectivity index (χ3n) is 2.69. The summed E-state index contributed by atoms with van der Waals surface area (Å²) < 4.78 is 0. The van der Waals surface area contributed by atoms with Gasteiger partial charge in [0, 0.05) is 22.8 Å². The third-order valence-corrected chi connectivity index (χ3v) is 3.75. The molecule has 2 aromatic rings. The summed E-state index contributed by atoms with van der Waals surface area (Å²) >= 11 is 1.50. The molecule has 0 heterocycles. The van der Waals surface area contributed by atoms with Crippen LogP contribution in [-0.4, -0.2) is 10.0 Å². The van der Waals surface area contributed by atoms with Crippen molar-refractivity contribution < 1.29 is 10.0 Å². The minimum absolute atomic E-state index is 0.0327. The number of hydrazine groups is 1. The highest BCUT2D eigenvalue weighted by molar-refractivity contribution is 7.98. The van der Waals surface area contributed by atoms with Crippen molar-refractivity contribution in [1.82, 2.24) is 0 Å². The molecule has 0 aliphatic rings. The van der Waals surface area contributed by atoms with Crippen LogP contribution in [0.5, 0.6) is 5.75 Å². The molecule has 0 radical (unpaired) electrons. The summed E-state index contributed by atoms with van der Waals surface area (Å²) in [7, 11) is 0. The van der Waals surface area contributed by atoms with Crippen LogP contribution in [-0.2, 0) is 5.75 Å². The Morgan fingerprint density at radius 1 is 1.25 bits per heavy atom. The number of thioether (sulfide) groups is 1. The zero-order valence-electron chi connectivity index (χ0n) is 10.4. The van der Waals surface area contributed by atoms with E-state index in [2.05, 4.69) is 5.43 Å². The molecular weight excluding hydrogens is 278 g/mol. The van der Waals surface area contributed by atoms with Crippen molar-refractivity contribution in [2.75, 3.05) is 5.43 Å². The summed E-state index contributed by atoms with van der Waals surface area (Å²) in [5, 5.41) is 20.0. The molecule has 0 aliphatic carbocycles. The topological polar surface area (TPSA) is 101 Å². The predicted octanol–water partition coefficient (Wildman–Crippen LogP) is 2.88. The fourth-order valence-electron chi connectivity index (χ4n) is 1.66. The average molecular weight is 291 g/mol. The highest BCUT2D eigenvalue weighted by Crippen LogP contribution is 2.29. The van der Waals surface area contributed by atoms with Gasteiger partial charge in [0.1, 0.15) is 5.75 Å². The first-order chi connectivity index (χ1) is 9.60. The number of nitro groups is 1. The maximum Gasteiger partial charge on any atom is 0.269 e. The Morgan fingerprint density at radius 3 is 2.55 bits per heavy atom. The second-order valence-corrected chi connectivity index (χ2v) is 5.07. The number of hydrogen-bond donors (Lipinski definition) is 3. The maximum absolute atomic E-state index is 10.8. The van der Waals surface area contributed by atoms with Gasteiger partial charge in [0.05, 0.1) is 10.6 Å². The summed E-state index contributed by atoms with van der Waals surface area (Å²) in [5.41, 5.74) is 3.97. The van der Waals surface area contributed by atoms with Gasteiger partial charge in [-0.2, -0.15) is 0 Å². The Labute approximate surface area is 119 Å². The molecule has 0 atom stereocenters. The van der Waals surface area contributed by atoms with Crippen molar-refractivity contribution in [3.05, 3.63) is 58.1 Å². The van der Waals surface area contributed by atoms with E-state index >= 15 is 0 Å². The van der Waals surface area contributed by atoms with Gasteiger partial charge < -0.3 is 10.5 Å². The Kier molecular flexibility index (Phi) is 4.44. The fourth-order valence-corrected chi connectivity index (χ4v) is 2.55. The molecular formula is C13H13N3O3S. The molecule has 2 aromatic carbocycles. The van der Waals surface area contributed by atoms with E-state index in [4.69, 9.17) is 5.84 Å². The molecule has 0 spiro atoms. The molecule has 0 aliphatic heterocycles. The van der Waals surface area contributed by atoms with Crippen molar-refractivity contribution in [3.63, 3.8) is 0 Å². The molecule has 104 valence electrons. The first-order valence-electron chi connectivity index (χ1n) is 5.76. The Morgan fingerprint density at radius 2 is 1.95 bits per heavy atom. The van der Waals surface area contributed by atoms with E-state index in [9.17, 15) is 15.2 Å². The molecule has 4 N–H and O–H groups in total. The number of nitrogens with one attached hydrogen (secondary N) is 1. The maximum atomic E-state index is 10.8. The smallest absolute Gasteiger partial charge is 0.269 e. The van der Waals surface area contributed by atoms with Gasteiger partial charge in [-0.25, -0.2) is 0 Å². The number of nitro benzene ring substituents is 1. The van der Waals surface area contributed by atoms with Crippen LogP contribution in [0.1, 0.15) is 5.56 Å². The highest BCUT2D eigenvalue weighted by atomic mass is 32.2. The number of hydrogen-bond acceptors (Lipinski definition) is 6. The summed E-state index contributed by atoms with van der Waals surface area (Å²) in [6.07, 6.45) is 0. The molecule has 0 saturated carbocycles. The van der Waals surface area contributed by atoms with E-state index in [0.717, 1.165) is 10.5 Å². The Hall–Kier alpha value is -2.25. The summed E-state index contributed by atoms with van der Waals surface area (Å²) in [6, 6.07) is 11.3. The predicted molar refractivity (Wildman–Crippen MR) is 78.6 cm³/mol. The third kappa shape index (κ3) is 3.40. The van der Waals surface area contributed by atoms with Crippen molar-refractivity contribution in [3.8, 4) is 5.75 Å². The minimum atomic E-state index is -0.435. The van der Waals surface area contributed by atoms with E-state index in [1.807, 2.05) is 0 Å². The standard InChI is InChI=1S/C13H13N3O3S/c14-15-13-6-1-10(16(18)19)7-9(13)8-20-12-4-2-11(17)3-5-12/h1-7,15,17H,8,14H2. The number of anilines is 1. The quantitative estimate of drug-likeness (QED) is 0.339. The van der Waals surface area contributed by atoms with Crippen LogP contribution in [0.3, 0.4) is 0 Å². The number of benzene rings is 2. The minimum Gasteiger partial charge on any atom is -0.508 e. The lowest BCUT2D eigenvalue weighted by Gasteiger charge is -2.08. The number of non-ortho nitro benzene ring substituents is 1. The highest BCUT2D eigenvalue weighted by Gasteiger charge is 2.10. The second kappa shape index (κ2) is 6.27. The van der Waals surface area contributed by atoms with E-state index in [1.54, 1.807) is 30.3 Å². The first-order valence-corrected chi connectivity index (χ1v) is 6.74. The number of nitrogen functional groups attached to an aromatic ring is 1. The van der Waals surface area contributed by atoms with Crippen LogP contribution in [0.15, 0.2) is 47.4 Å². The number of nitrogens with zero attached hydrogens (tertiary/aromatic N) is 1. The van der Waals surface area contributed by atoms with Gasteiger partial charge in [0.15, 0.2) is 0 Å². The van der Waals surface area contributed by atoms with Crippen LogP contribution in [0.4, 0.5) is 11.4 Å². The van der Waals surface area contributed by atoms with Crippen LogP contribution < -0.4 is 11.3 Å². The van der Waals surface area contributed by atoms with Crippen LogP contribution in [0.2, 0.25) is 0 Å². The Bertz CT molecular complexity index is 617. The van der Waals surface area contributed by atoms with Crippen LogP contribution in [0.25, 0.3) is 0 Å². The van der Waals surface area contributed by atoms with Crippen molar-refractivity contribution >= 4 is 23.1 Å². The van der Waals surface area contributed by atoms with Gasteiger partial charge >= 0.3 is 0 Å². The lowest BCUT2D eigenvalue weighted by atomic mass is 10.2. The van der Waals surface area contributed by atoms with Crippen molar-refractivity contribution in [1.29, 1.82) is 0 Å². The van der Waals surface area contributed by atoms with Gasteiger partial charge in [-0.1, -0.05) is 0 Å². The molecule has 0 unspecified atom stereocenters. The Balaban J connectivity index is 2.16. The lowest BCUT2D eigenvalue weighted by Crippen LogP contribution is -2.09. The van der Waals surface area contributed by atoms with Crippen LogP contribution >= 0.6 is 11.8 Å². The number of phenols is 1. The average Bonchev–Trinajstić information content (AvgIpc) is 2.46. The molecule has 6 nitrogen and oxygen atoms in total. The second-order valence-electron chi connectivity index (χ2n) is 4.03. The van der Waals surface area contributed by atoms with E-state index in [0.29, 0.717) is 11.4 Å². The molecule has 0 aromatic heterocycles. The first kappa shape index (κ1) is 14.2. The molecule has 7 heteroatoms. The SMILES string of the molecule is NNc1ccc([N+](=O)[O-])cc1CSc1ccc(O)cc1. The van der Waals surface area contributed by atoms with Gasteiger partial charge in [0.2, 0.25) is 0 Å². The number of aromatic hydroxyl groups is 1. The van der Waals surface area contributed by atoms with Crippen molar-refractivity contribution in [2.45, 2.75) is 10.6 Å². The molecule has 0 saturated heterocycles. The normalized spacial score (nSPS) is 10.2. The van der Waals surface area contributed by atoms with Gasteiger partial charge in [-0.15, -0.1) is 11.8 Å². The molecule has 20 heavy (non-hydrogen) atoms. The lowest BCUT2D eigenvalue weighted by molar-refractivity contribution is -0.384. The van der Waals surface area contributed by atoms with Gasteiger partial charge in [0.25, 0.3) is 5.69 Å². The van der Waals surface area contributed by atoms with E-state index in [1.165, 1.54) is 23.9 Å². The van der Waals surface area contributed by atoms with Gasteiger partial charge in [-0.3, -0.25) is 16.0 Å². The fraction of sp³-hybridized carbons (Fsp3) is 0.0769.